The molecule has 0 bridgehead atoms. The van der Waals surface area contributed by atoms with Gasteiger partial charge in [0.25, 0.3) is 0 Å². The van der Waals surface area contributed by atoms with E-state index in [1.54, 1.807) is 0 Å². The number of anilines is 2. The van der Waals surface area contributed by atoms with E-state index in [2.05, 4.69) is 47.8 Å². The highest BCUT2D eigenvalue weighted by molar-refractivity contribution is 9.12. The maximum atomic E-state index is 10.7. The Bertz CT molecular complexity index is 392. The summed E-state index contributed by atoms with van der Waals surface area (Å²) in [6.07, 6.45) is 0. The zero-order chi connectivity index (χ0) is 11.0. The lowest BCUT2D eigenvalue weighted by molar-refractivity contribution is -0.386. The Hall–Kier alpha value is -0.340. The summed E-state index contributed by atoms with van der Waals surface area (Å²) in [6.45, 7) is 0. The minimum absolute atomic E-state index is 0.178. The second-order valence-electron chi connectivity index (χ2n) is 2.38. The summed E-state index contributed by atoms with van der Waals surface area (Å²) in [7, 11) is 0. The maximum Gasteiger partial charge on any atom is 0.301 e. The number of nitro benzene ring substituents is 1. The molecule has 0 unspecified atom stereocenters. The van der Waals surface area contributed by atoms with Crippen LogP contribution in [-0.2, 0) is 0 Å². The molecule has 0 radical (unpaired) electrons. The van der Waals surface area contributed by atoms with E-state index in [9.17, 15) is 10.1 Å². The molecule has 0 spiro atoms. The highest BCUT2D eigenvalue weighted by atomic mass is 79.9. The highest BCUT2D eigenvalue weighted by Gasteiger charge is 2.25. The summed E-state index contributed by atoms with van der Waals surface area (Å²) in [4.78, 5) is 10.1. The van der Waals surface area contributed by atoms with Gasteiger partial charge in [-0.25, -0.2) is 0 Å². The smallest absolute Gasteiger partial charge is 0.301 e. The van der Waals surface area contributed by atoms with Crippen LogP contribution in [0.5, 0.6) is 0 Å². The predicted octanol–water partition coefficient (Wildman–Crippen LogP) is 3.05. The molecule has 0 heterocycles. The van der Waals surface area contributed by atoms with Crippen LogP contribution in [0.1, 0.15) is 0 Å². The van der Waals surface area contributed by atoms with E-state index in [1.807, 2.05) is 0 Å². The molecule has 1 rings (SSSR count). The van der Waals surface area contributed by atoms with Gasteiger partial charge in [-0.3, -0.25) is 10.1 Å². The average Bonchev–Trinajstić information content (AvgIpc) is 2.11. The monoisotopic (exact) mass is 387 g/mol. The zero-order valence-corrected chi connectivity index (χ0v) is 11.3. The lowest BCUT2D eigenvalue weighted by Gasteiger charge is -2.08. The number of nitro groups is 1. The van der Waals surface area contributed by atoms with Crippen molar-refractivity contribution >= 4 is 64.9 Å². The summed E-state index contributed by atoms with van der Waals surface area (Å²) in [5, 5.41) is 10.7. The van der Waals surface area contributed by atoms with Crippen molar-refractivity contribution in [2.24, 2.45) is 0 Å². The number of nitrogen functional groups attached to an aromatic ring is 2. The van der Waals surface area contributed by atoms with Crippen LogP contribution in [-0.4, -0.2) is 4.92 Å². The summed E-state index contributed by atoms with van der Waals surface area (Å²) >= 11 is 9.20. The molecule has 1 aromatic rings. The van der Waals surface area contributed by atoms with E-state index >= 15 is 0 Å². The topological polar surface area (TPSA) is 95.2 Å². The van der Waals surface area contributed by atoms with Gasteiger partial charge >= 0.3 is 5.69 Å². The van der Waals surface area contributed by atoms with Crippen LogP contribution in [0.15, 0.2) is 13.4 Å². The number of hydrogen-bond donors (Lipinski definition) is 2. The van der Waals surface area contributed by atoms with Crippen molar-refractivity contribution in [2.75, 3.05) is 11.5 Å². The predicted molar refractivity (Wildman–Crippen MR) is 65.0 cm³/mol. The fraction of sp³-hybridized carbons (Fsp3) is 0. The second kappa shape index (κ2) is 4.03. The summed E-state index contributed by atoms with van der Waals surface area (Å²) in [5.41, 5.74) is 11.4. The second-order valence-corrected chi connectivity index (χ2v) is 4.75. The van der Waals surface area contributed by atoms with Gasteiger partial charge in [0.15, 0.2) is 0 Å². The molecule has 4 N–H and O–H groups in total. The Morgan fingerprint density at radius 1 is 1.00 bits per heavy atom. The normalized spacial score (nSPS) is 10.2. The van der Waals surface area contributed by atoms with Crippen molar-refractivity contribution in [3.63, 3.8) is 0 Å². The van der Waals surface area contributed by atoms with Crippen LogP contribution in [0.25, 0.3) is 0 Å². The Morgan fingerprint density at radius 3 is 1.64 bits per heavy atom. The Kier molecular flexibility index (Phi) is 3.38. The molecule has 0 atom stereocenters. The molecule has 0 aliphatic carbocycles. The van der Waals surface area contributed by atoms with Crippen LogP contribution >= 0.6 is 47.8 Å². The fourth-order valence-corrected chi connectivity index (χ4v) is 3.13. The Labute approximate surface area is 104 Å². The van der Waals surface area contributed by atoms with Gasteiger partial charge < -0.3 is 11.5 Å². The average molecular weight is 390 g/mol. The lowest BCUT2D eigenvalue weighted by Crippen LogP contribution is -2.01. The SMILES string of the molecule is Nc1c(Br)c(N)c(Br)c([N+](=O)[O-])c1Br. The molecule has 5 nitrogen and oxygen atoms in total. The third-order valence-corrected chi connectivity index (χ3v) is 4.00. The van der Waals surface area contributed by atoms with E-state index in [-0.39, 0.29) is 26.0 Å². The fourth-order valence-electron chi connectivity index (χ4n) is 0.850. The molecule has 8 heteroatoms. The minimum Gasteiger partial charge on any atom is -0.397 e. The van der Waals surface area contributed by atoms with Gasteiger partial charge in [-0.15, -0.1) is 0 Å². The number of halogens is 3. The van der Waals surface area contributed by atoms with Crippen LogP contribution < -0.4 is 11.5 Å². The molecule has 14 heavy (non-hydrogen) atoms. The van der Waals surface area contributed by atoms with Crippen LogP contribution in [0, 0.1) is 10.1 Å². The summed E-state index contributed by atoms with van der Waals surface area (Å²) < 4.78 is 0.841. The first-order valence-corrected chi connectivity index (χ1v) is 5.61. The molecule has 0 aromatic heterocycles. The molecule has 1 aromatic carbocycles. The number of nitrogens with zero attached hydrogens (tertiary/aromatic N) is 1. The van der Waals surface area contributed by atoms with E-state index in [0.29, 0.717) is 4.47 Å². The van der Waals surface area contributed by atoms with Crippen molar-refractivity contribution in [3.8, 4) is 0 Å². The standard InChI is InChI=1S/C6H4Br3N3O2/c7-1-4(10)2(8)6(12(13)14)3(9)5(1)11/h10-11H2. The lowest BCUT2D eigenvalue weighted by atomic mass is 10.2. The quantitative estimate of drug-likeness (QED) is 0.438. The molecule has 0 amide bonds. The number of rotatable bonds is 1. The summed E-state index contributed by atoms with van der Waals surface area (Å²) in [6, 6.07) is 0. The van der Waals surface area contributed by atoms with E-state index in [4.69, 9.17) is 11.5 Å². The van der Waals surface area contributed by atoms with Crippen molar-refractivity contribution in [2.45, 2.75) is 0 Å². The first kappa shape index (κ1) is 11.7. The molecular formula is C6H4Br3N3O2. The van der Waals surface area contributed by atoms with Crippen LogP contribution in [0.2, 0.25) is 0 Å². The van der Waals surface area contributed by atoms with Gasteiger partial charge in [-0.2, -0.15) is 0 Å². The van der Waals surface area contributed by atoms with Crippen molar-refractivity contribution in [1.29, 1.82) is 0 Å². The van der Waals surface area contributed by atoms with Crippen LogP contribution in [0.3, 0.4) is 0 Å². The first-order valence-electron chi connectivity index (χ1n) is 3.23. The molecule has 0 aliphatic heterocycles. The number of hydrogen-bond acceptors (Lipinski definition) is 4. The molecule has 0 saturated heterocycles. The van der Waals surface area contributed by atoms with Crippen molar-refractivity contribution in [3.05, 3.63) is 23.5 Å². The van der Waals surface area contributed by atoms with Gasteiger partial charge in [0.2, 0.25) is 0 Å². The van der Waals surface area contributed by atoms with E-state index in [0.717, 1.165) is 0 Å². The van der Waals surface area contributed by atoms with Crippen molar-refractivity contribution < 1.29 is 4.92 Å². The maximum absolute atomic E-state index is 10.7. The van der Waals surface area contributed by atoms with Gasteiger partial charge in [-0.05, 0) is 47.8 Å². The first-order chi connectivity index (χ1) is 6.37. The molecule has 0 aliphatic rings. The Morgan fingerprint density at radius 2 is 1.36 bits per heavy atom. The molecule has 76 valence electrons. The minimum atomic E-state index is -0.562. The molecule has 0 fully saturated rings. The van der Waals surface area contributed by atoms with Gasteiger partial charge in [0.1, 0.15) is 8.95 Å². The van der Waals surface area contributed by atoms with E-state index < -0.39 is 4.92 Å². The number of benzene rings is 1. The van der Waals surface area contributed by atoms with E-state index in [1.165, 1.54) is 0 Å². The van der Waals surface area contributed by atoms with Crippen LogP contribution in [0.4, 0.5) is 17.1 Å². The molecule has 0 saturated carbocycles. The number of nitrogens with two attached hydrogens (primary N) is 2. The largest absolute Gasteiger partial charge is 0.397 e. The van der Waals surface area contributed by atoms with Gasteiger partial charge in [0.05, 0.1) is 20.8 Å². The van der Waals surface area contributed by atoms with Gasteiger partial charge in [0, 0.05) is 0 Å². The Balaban J connectivity index is 3.68. The zero-order valence-electron chi connectivity index (χ0n) is 6.55. The molecular weight excluding hydrogens is 386 g/mol. The van der Waals surface area contributed by atoms with Gasteiger partial charge in [-0.1, -0.05) is 0 Å². The summed E-state index contributed by atoms with van der Waals surface area (Å²) in [5.74, 6) is 0. The third kappa shape index (κ3) is 1.73. The van der Waals surface area contributed by atoms with Crippen molar-refractivity contribution in [1.82, 2.24) is 0 Å². The highest BCUT2D eigenvalue weighted by Crippen LogP contribution is 2.46. The third-order valence-electron chi connectivity index (χ3n) is 1.54.